The van der Waals surface area contributed by atoms with Crippen molar-refractivity contribution in [2.45, 2.75) is 39.4 Å². The van der Waals surface area contributed by atoms with E-state index < -0.39 is 5.60 Å². The topological polar surface area (TPSA) is 37.9 Å². The molecule has 78 valence electrons. The van der Waals surface area contributed by atoms with Crippen molar-refractivity contribution >= 4 is 12.2 Å². The van der Waals surface area contributed by atoms with Gasteiger partial charge in [-0.2, -0.15) is 0 Å². The van der Waals surface area contributed by atoms with E-state index in [0.29, 0.717) is 4.64 Å². The van der Waals surface area contributed by atoms with E-state index in [4.69, 9.17) is 17.0 Å². The Balaban J connectivity index is 2.97. The summed E-state index contributed by atoms with van der Waals surface area (Å²) >= 11 is 5.03. The van der Waals surface area contributed by atoms with Crippen molar-refractivity contribution < 1.29 is 4.74 Å². The van der Waals surface area contributed by atoms with Gasteiger partial charge in [0.25, 0.3) is 0 Å². The van der Waals surface area contributed by atoms with E-state index in [1.807, 2.05) is 27.7 Å². The molecule has 0 amide bonds. The lowest BCUT2D eigenvalue weighted by molar-refractivity contribution is -0.0656. The van der Waals surface area contributed by atoms with Crippen LogP contribution in [0.3, 0.4) is 0 Å². The van der Waals surface area contributed by atoms with Gasteiger partial charge in [0.05, 0.1) is 6.10 Å². The number of hydrogen-bond donors (Lipinski definition) is 1. The summed E-state index contributed by atoms with van der Waals surface area (Å²) in [7, 11) is 0. The second kappa shape index (κ2) is 4.19. The first-order valence-corrected chi connectivity index (χ1v) is 5.06. The number of H-pyrrole nitrogens is 1. The van der Waals surface area contributed by atoms with Gasteiger partial charge in [-0.15, -0.1) is 0 Å². The summed E-state index contributed by atoms with van der Waals surface area (Å²) in [6, 6.07) is 1.75. The van der Waals surface area contributed by atoms with Crippen LogP contribution in [0.25, 0.3) is 0 Å². The van der Waals surface area contributed by atoms with Crippen LogP contribution < -0.4 is 0 Å². The number of aromatic amines is 1. The highest BCUT2D eigenvalue weighted by Crippen LogP contribution is 2.22. The molecule has 14 heavy (non-hydrogen) atoms. The Kier molecular flexibility index (Phi) is 3.39. The molecular formula is C10H16N2OS. The Bertz CT molecular complexity index is 357. The van der Waals surface area contributed by atoms with Gasteiger partial charge in [-0.1, -0.05) is 12.2 Å². The molecule has 0 saturated carbocycles. The molecule has 1 heterocycles. The van der Waals surface area contributed by atoms with Gasteiger partial charge in [-0.05, 0) is 33.8 Å². The number of rotatable bonds is 3. The molecular weight excluding hydrogens is 196 g/mol. The van der Waals surface area contributed by atoms with Gasteiger partial charge in [-0.25, -0.2) is 4.98 Å². The zero-order valence-electron chi connectivity index (χ0n) is 9.00. The van der Waals surface area contributed by atoms with Crippen molar-refractivity contribution in [1.29, 1.82) is 0 Å². The zero-order chi connectivity index (χ0) is 10.8. The van der Waals surface area contributed by atoms with Crippen molar-refractivity contribution in [2.75, 3.05) is 0 Å². The van der Waals surface area contributed by atoms with E-state index in [9.17, 15) is 0 Å². The summed E-state index contributed by atoms with van der Waals surface area (Å²) < 4.78 is 6.41. The lowest BCUT2D eigenvalue weighted by atomic mass is 10.1. The summed E-state index contributed by atoms with van der Waals surface area (Å²) in [4.78, 5) is 7.25. The van der Waals surface area contributed by atoms with Gasteiger partial charge in [-0.3, -0.25) is 0 Å². The van der Waals surface area contributed by atoms with Crippen LogP contribution in [-0.2, 0) is 10.3 Å². The largest absolute Gasteiger partial charge is 0.365 e. The molecule has 0 atom stereocenters. The van der Waals surface area contributed by atoms with Crippen molar-refractivity contribution in [3.05, 3.63) is 22.7 Å². The van der Waals surface area contributed by atoms with Gasteiger partial charge in [0, 0.05) is 6.20 Å². The van der Waals surface area contributed by atoms with Crippen LogP contribution in [-0.4, -0.2) is 16.1 Å². The minimum absolute atomic E-state index is 0.161. The van der Waals surface area contributed by atoms with Crippen LogP contribution in [0.2, 0.25) is 0 Å². The van der Waals surface area contributed by atoms with Crippen molar-refractivity contribution in [2.24, 2.45) is 0 Å². The summed E-state index contributed by atoms with van der Waals surface area (Å²) in [6.45, 7) is 7.94. The minimum atomic E-state index is -0.428. The second-order valence-electron chi connectivity index (χ2n) is 3.96. The van der Waals surface area contributed by atoms with Gasteiger partial charge >= 0.3 is 0 Å². The predicted octanol–water partition coefficient (Wildman–Crippen LogP) is 2.80. The quantitative estimate of drug-likeness (QED) is 0.783. The zero-order valence-corrected chi connectivity index (χ0v) is 9.81. The average molecular weight is 212 g/mol. The number of hydrogen-bond acceptors (Lipinski definition) is 3. The van der Waals surface area contributed by atoms with E-state index >= 15 is 0 Å². The third kappa shape index (κ3) is 2.89. The summed E-state index contributed by atoms with van der Waals surface area (Å²) in [5, 5.41) is 0. The molecule has 1 aromatic rings. The molecule has 1 aromatic heterocycles. The number of aromatic nitrogens is 2. The number of ether oxygens (including phenoxy) is 1. The molecule has 0 bridgehead atoms. The van der Waals surface area contributed by atoms with Crippen LogP contribution in [0.4, 0.5) is 0 Å². The Hall–Kier alpha value is -0.740. The third-order valence-electron chi connectivity index (χ3n) is 1.77. The lowest BCUT2D eigenvalue weighted by Crippen LogP contribution is -2.27. The highest BCUT2D eigenvalue weighted by molar-refractivity contribution is 7.71. The molecule has 0 unspecified atom stereocenters. The Morgan fingerprint density at radius 1 is 1.50 bits per heavy atom. The molecule has 0 aliphatic carbocycles. The maximum absolute atomic E-state index is 5.74. The maximum atomic E-state index is 5.74. The van der Waals surface area contributed by atoms with Crippen LogP contribution in [0.5, 0.6) is 0 Å². The highest BCUT2D eigenvalue weighted by Gasteiger charge is 2.24. The fourth-order valence-electron chi connectivity index (χ4n) is 1.32. The first-order chi connectivity index (χ1) is 6.42. The molecule has 4 heteroatoms. The molecule has 3 nitrogen and oxygen atoms in total. The van der Waals surface area contributed by atoms with E-state index in [1.165, 1.54) is 0 Å². The monoisotopic (exact) mass is 212 g/mol. The predicted molar refractivity (Wildman–Crippen MR) is 58.7 cm³/mol. The molecule has 0 radical (unpaired) electrons. The van der Waals surface area contributed by atoms with Gasteiger partial charge < -0.3 is 9.72 Å². The molecule has 0 spiro atoms. The van der Waals surface area contributed by atoms with Gasteiger partial charge in [0.2, 0.25) is 0 Å². The summed E-state index contributed by atoms with van der Waals surface area (Å²) in [5.74, 6) is 0.763. The summed E-state index contributed by atoms with van der Waals surface area (Å²) in [6.07, 6.45) is 1.86. The molecule has 0 saturated heterocycles. The lowest BCUT2D eigenvalue weighted by Gasteiger charge is -2.26. The number of nitrogens with one attached hydrogen (secondary N) is 1. The molecule has 0 aliphatic heterocycles. The molecule has 0 fully saturated rings. The SMILES string of the molecule is CC(C)OC(C)(C)c1nccc(=S)[nH]1. The van der Waals surface area contributed by atoms with Crippen LogP contribution >= 0.6 is 12.2 Å². The standard InChI is InChI=1S/C10H16N2OS/c1-7(2)13-10(3,4)9-11-6-5-8(14)12-9/h5-7H,1-4H3,(H,11,12,14). The van der Waals surface area contributed by atoms with Gasteiger partial charge in [0.1, 0.15) is 16.1 Å². The fraction of sp³-hybridized carbons (Fsp3) is 0.600. The van der Waals surface area contributed by atoms with Crippen molar-refractivity contribution in [3.8, 4) is 0 Å². The Morgan fingerprint density at radius 2 is 2.14 bits per heavy atom. The molecule has 0 aliphatic rings. The fourth-order valence-corrected chi connectivity index (χ4v) is 1.48. The van der Waals surface area contributed by atoms with Crippen LogP contribution in [0, 0.1) is 4.64 Å². The molecule has 0 aromatic carbocycles. The van der Waals surface area contributed by atoms with E-state index in [-0.39, 0.29) is 6.10 Å². The summed E-state index contributed by atoms with van der Waals surface area (Å²) in [5.41, 5.74) is -0.428. The highest BCUT2D eigenvalue weighted by atomic mass is 32.1. The van der Waals surface area contributed by atoms with Crippen LogP contribution in [0.15, 0.2) is 12.3 Å². The Morgan fingerprint density at radius 3 is 2.64 bits per heavy atom. The first kappa shape index (κ1) is 11.3. The maximum Gasteiger partial charge on any atom is 0.138 e. The van der Waals surface area contributed by atoms with Crippen molar-refractivity contribution in [1.82, 2.24) is 9.97 Å². The van der Waals surface area contributed by atoms with Crippen LogP contribution in [0.1, 0.15) is 33.5 Å². The molecule has 1 rings (SSSR count). The van der Waals surface area contributed by atoms with Crippen molar-refractivity contribution in [3.63, 3.8) is 0 Å². The van der Waals surface area contributed by atoms with E-state index in [2.05, 4.69) is 9.97 Å². The molecule has 1 N–H and O–H groups in total. The normalized spacial score (nSPS) is 12.1. The van der Waals surface area contributed by atoms with Gasteiger partial charge in [0.15, 0.2) is 0 Å². The number of nitrogens with zero attached hydrogens (tertiary/aromatic N) is 1. The third-order valence-corrected chi connectivity index (χ3v) is 2.01. The van der Waals surface area contributed by atoms with E-state index in [0.717, 1.165) is 5.82 Å². The Labute approximate surface area is 89.5 Å². The van der Waals surface area contributed by atoms with E-state index in [1.54, 1.807) is 12.3 Å². The second-order valence-corrected chi connectivity index (χ2v) is 4.40. The minimum Gasteiger partial charge on any atom is -0.365 e. The average Bonchev–Trinajstić information content (AvgIpc) is 2.01. The first-order valence-electron chi connectivity index (χ1n) is 4.65. The smallest absolute Gasteiger partial charge is 0.138 e.